The molecule has 5 nitrogen and oxygen atoms in total. The normalized spacial score (nSPS) is 13.1. The second-order valence-corrected chi connectivity index (χ2v) is 4.20. The zero-order chi connectivity index (χ0) is 13.5. The minimum absolute atomic E-state index is 0.566. The van der Waals surface area contributed by atoms with Crippen molar-refractivity contribution < 1.29 is 14.2 Å². The summed E-state index contributed by atoms with van der Waals surface area (Å²) in [5.41, 5.74) is 7.45. The van der Waals surface area contributed by atoms with Crippen LogP contribution in [0.25, 0.3) is 0 Å². The summed E-state index contributed by atoms with van der Waals surface area (Å²) in [5, 5.41) is 3.23. The molecule has 0 aliphatic carbocycles. The van der Waals surface area contributed by atoms with Crippen LogP contribution in [0.3, 0.4) is 0 Å². The maximum Gasteiger partial charge on any atom is 0.163 e. The summed E-state index contributed by atoms with van der Waals surface area (Å²) in [5.74, 6) is 1.44. The lowest BCUT2D eigenvalue weighted by molar-refractivity contribution is 0.149. The molecule has 0 fully saturated rings. The predicted molar refractivity (Wildman–Crippen MR) is 76.0 cm³/mol. The molecule has 1 aromatic rings. The van der Waals surface area contributed by atoms with Crippen LogP contribution in [-0.2, 0) is 4.74 Å². The molecule has 1 aliphatic rings. The third-order valence-electron chi connectivity index (χ3n) is 2.74. The van der Waals surface area contributed by atoms with Crippen LogP contribution in [0.4, 0.5) is 11.4 Å². The Kier molecular flexibility index (Phi) is 4.92. The average Bonchev–Trinajstić information content (AvgIpc) is 2.43. The molecule has 0 saturated heterocycles. The van der Waals surface area contributed by atoms with E-state index in [4.69, 9.17) is 19.9 Å². The Hall–Kier alpha value is -1.88. The summed E-state index contributed by atoms with van der Waals surface area (Å²) in [7, 11) is 0. The molecule has 1 heterocycles. The monoisotopic (exact) mass is 264 g/mol. The Labute approximate surface area is 113 Å². The van der Waals surface area contributed by atoms with Gasteiger partial charge in [-0.25, -0.2) is 0 Å². The topological polar surface area (TPSA) is 65.7 Å². The van der Waals surface area contributed by atoms with Crippen molar-refractivity contribution in [2.24, 2.45) is 0 Å². The molecule has 0 amide bonds. The van der Waals surface area contributed by atoms with Gasteiger partial charge in [0.25, 0.3) is 0 Å². The highest BCUT2D eigenvalue weighted by atomic mass is 16.6. The van der Waals surface area contributed by atoms with Gasteiger partial charge in [0.05, 0.1) is 24.6 Å². The van der Waals surface area contributed by atoms with E-state index in [9.17, 15) is 0 Å². The van der Waals surface area contributed by atoms with Crippen molar-refractivity contribution in [1.29, 1.82) is 0 Å². The van der Waals surface area contributed by atoms with E-state index in [2.05, 4.69) is 11.9 Å². The quantitative estimate of drug-likeness (QED) is 0.448. The van der Waals surface area contributed by atoms with E-state index in [1.54, 1.807) is 6.07 Å². The lowest BCUT2D eigenvalue weighted by atomic mass is 10.2. The van der Waals surface area contributed by atoms with Crippen molar-refractivity contribution in [2.45, 2.75) is 6.42 Å². The number of nitrogen functional groups attached to an aromatic ring is 1. The number of nitrogens with two attached hydrogens (primary N) is 1. The largest absolute Gasteiger partial charge is 0.486 e. The van der Waals surface area contributed by atoms with E-state index in [1.807, 2.05) is 12.1 Å². The fourth-order valence-electron chi connectivity index (χ4n) is 1.78. The summed E-state index contributed by atoms with van der Waals surface area (Å²) < 4.78 is 16.4. The third-order valence-corrected chi connectivity index (χ3v) is 2.74. The number of anilines is 2. The van der Waals surface area contributed by atoms with Crippen molar-refractivity contribution >= 4 is 11.4 Å². The molecule has 0 atom stereocenters. The number of hydrogen-bond donors (Lipinski definition) is 2. The van der Waals surface area contributed by atoms with Gasteiger partial charge in [0.15, 0.2) is 11.5 Å². The molecular formula is C14H20N2O3. The van der Waals surface area contributed by atoms with Crippen LogP contribution in [0.2, 0.25) is 0 Å². The van der Waals surface area contributed by atoms with Gasteiger partial charge < -0.3 is 25.3 Å². The summed E-state index contributed by atoms with van der Waals surface area (Å²) in [4.78, 5) is 0. The molecule has 0 aromatic heterocycles. The SMILES string of the molecule is C=CCCOCCNc1cc2c(cc1N)OCCO2. The molecule has 0 spiro atoms. The first-order valence-corrected chi connectivity index (χ1v) is 6.43. The molecule has 0 saturated carbocycles. The van der Waals surface area contributed by atoms with Crippen LogP contribution in [0, 0.1) is 0 Å². The van der Waals surface area contributed by atoms with Gasteiger partial charge in [-0.15, -0.1) is 6.58 Å². The number of nitrogens with one attached hydrogen (secondary N) is 1. The molecule has 3 N–H and O–H groups in total. The van der Waals surface area contributed by atoms with Gasteiger partial charge in [0.1, 0.15) is 13.2 Å². The van der Waals surface area contributed by atoms with Crippen LogP contribution >= 0.6 is 0 Å². The van der Waals surface area contributed by atoms with Crippen molar-refractivity contribution in [3.63, 3.8) is 0 Å². The lowest BCUT2D eigenvalue weighted by Crippen LogP contribution is -2.16. The molecule has 2 rings (SSSR count). The molecule has 1 aliphatic heterocycles. The second kappa shape index (κ2) is 6.89. The van der Waals surface area contributed by atoms with Crippen LogP contribution in [0.1, 0.15) is 6.42 Å². The van der Waals surface area contributed by atoms with Gasteiger partial charge >= 0.3 is 0 Å². The summed E-state index contributed by atoms with van der Waals surface area (Å²) >= 11 is 0. The summed E-state index contributed by atoms with van der Waals surface area (Å²) in [6.45, 7) is 6.80. The summed E-state index contributed by atoms with van der Waals surface area (Å²) in [6.07, 6.45) is 2.71. The van der Waals surface area contributed by atoms with Crippen LogP contribution < -0.4 is 20.5 Å². The van der Waals surface area contributed by atoms with Gasteiger partial charge in [-0.3, -0.25) is 0 Å². The fourth-order valence-corrected chi connectivity index (χ4v) is 1.78. The van der Waals surface area contributed by atoms with Crippen molar-refractivity contribution in [3.05, 3.63) is 24.8 Å². The Bertz CT molecular complexity index is 435. The minimum Gasteiger partial charge on any atom is -0.486 e. The standard InChI is InChI=1S/C14H20N2O3/c1-2-3-5-17-6-4-16-12-10-14-13(9-11(12)15)18-7-8-19-14/h2,9-10,16H,1,3-8,15H2. The zero-order valence-electron chi connectivity index (χ0n) is 11.0. The number of fused-ring (bicyclic) bond motifs is 1. The van der Waals surface area contributed by atoms with E-state index >= 15 is 0 Å². The lowest BCUT2D eigenvalue weighted by Gasteiger charge is -2.20. The van der Waals surface area contributed by atoms with Crippen LogP contribution in [-0.4, -0.2) is 33.0 Å². The van der Waals surface area contributed by atoms with Gasteiger partial charge in [-0.05, 0) is 6.42 Å². The minimum atomic E-state index is 0.566. The van der Waals surface area contributed by atoms with Crippen molar-refractivity contribution in [3.8, 4) is 11.5 Å². The molecule has 104 valence electrons. The van der Waals surface area contributed by atoms with E-state index in [1.165, 1.54) is 0 Å². The molecule has 5 heteroatoms. The zero-order valence-corrected chi connectivity index (χ0v) is 11.0. The van der Waals surface area contributed by atoms with Gasteiger partial charge in [0, 0.05) is 18.7 Å². The van der Waals surface area contributed by atoms with Crippen LogP contribution in [0.5, 0.6) is 11.5 Å². The van der Waals surface area contributed by atoms with E-state index in [-0.39, 0.29) is 0 Å². The highest BCUT2D eigenvalue weighted by molar-refractivity contribution is 5.72. The number of rotatable bonds is 7. The second-order valence-electron chi connectivity index (χ2n) is 4.20. The molecule has 19 heavy (non-hydrogen) atoms. The molecule has 1 aromatic carbocycles. The van der Waals surface area contributed by atoms with Crippen LogP contribution in [0.15, 0.2) is 24.8 Å². The average molecular weight is 264 g/mol. The van der Waals surface area contributed by atoms with E-state index in [0.29, 0.717) is 44.4 Å². The van der Waals surface area contributed by atoms with Gasteiger partial charge in [0.2, 0.25) is 0 Å². The Morgan fingerprint density at radius 2 is 2.00 bits per heavy atom. The van der Waals surface area contributed by atoms with Crippen molar-refractivity contribution in [1.82, 2.24) is 0 Å². The Morgan fingerprint density at radius 1 is 1.26 bits per heavy atom. The Morgan fingerprint density at radius 3 is 2.74 bits per heavy atom. The molecular weight excluding hydrogens is 244 g/mol. The van der Waals surface area contributed by atoms with Gasteiger partial charge in [-0.2, -0.15) is 0 Å². The molecule has 0 bridgehead atoms. The molecule has 0 radical (unpaired) electrons. The maximum absolute atomic E-state index is 5.95. The summed E-state index contributed by atoms with van der Waals surface area (Å²) in [6, 6.07) is 3.66. The fraction of sp³-hybridized carbons (Fsp3) is 0.429. The smallest absolute Gasteiger partial charge is 0.163 e. The highest BCUT2D eigenvalue weighted by Crippen LogP contribution is 2.36. The van der Waals surface area contributed by atoms with E-state index < -0.39 is 0 Å². The molecule has 0 unspecified atom stereocenters. The van der Waals surface area contributed by atoms with Gasteiger partial charge in [-0.1, -0.05) is 6.08 Å². The van der Waals surface area contributed by atoms with E-state index in [0.717, 1.165) is 17.9 Å². The number of benzene rings is 1. The number of hydrogen-bond acceptors (Lipinski definition) is 5. The predicted octanol–water partition coefficient (Wildman–Crippen LogP) is 2.04. The van der Waals surface area contributed by atoms with Crippen molar-refractivity contribution in [2.75, 3.05) is 44.0 Å². The highest BCUT2D eigenvalue weighted by Gasteiger charge is 2.14. The first-order chi connectivity index (χ1) is 9.31. The Balaban J connectivity index is 1.84. The first kappa shape index (κ1) is 13.5. The maximum atomic E-state index is 5.95. The number of ether oxygens (including phenoxy) is 3. The first-order valence-electron chi connectivity index (χ1n) is 6.43. The third kappa shape index (κ3) is 3.79.